The molecule has 3 rings (SSSR count). The number of aromatic amines is 1. The minimum atomic E-state index is -0.713. The number of H-pyrrole nitrogens is 1. The molecular formula is C17H17N5O3. The Hall–Kier alpha value is -3.42. The Morgan fingerprint density at radius 3 is 2.72 bits per heavy atom. The van der Waals surface area contributed by atoms with Gasteiger partial charge in [0.25, 0.3) is 11.5 Å². The summed E-state index contributed by atoms with van der Waals surface area (Å²) in [6, 6.07) is 9.07. The van der Waals surface area contributed by atoms with Gasteiger partial charge in [0.2, 0.25) is 0 Å². The molecule has 0 aliphatic heterocycles. The van der Waals surface area contributed by atoms with Crippen LogP contribution in [0.4, 0.5) is 0 Å². The highest BCUT2D eigenvalue weighted by Gasteiger charge is 2.19. The van der Waals surface area contributed by atoms with Gasteiger partial charge in [0.05, 0.1) is 12.4 Å². The predicted octanol–water partition coefficient (Wildman–Crippen LogP) is 0.441. The number of benzene rings is 1. The smallest absolute Gasteiger partial charge is 0.328 e. The molecule has 2 N–H and O–H groups in total. The van der Waals surface area contributed by atoms with Crippen molar-refractivity contribution in [2.75, 3.05) is 0 Å². The van der Waals surface area contributed by atoms with Crippen molar-refractivity contribution in [3.8, 4) is 0 Å². The van der Waals surface area contributed by atoms with Gasteiger partial charge in [0.1, 0.15) is 5.56 Å². The number of carbonyl (C=O) groups is 1. The molecule has 8 nitrogen and oxygen atoms in total. The normalized spacial score (nSPS) is 11.9. The van der Waals surface area contributed by atoms with Gasteiger partial charge >= 0.3 is 5.69 Å². The third kappa shape index (κ3) is 3.74. The summed E-state index contributed by atoms with van der Waals surface area (Å²) in [4.78, 5) is 42.1. The fourth-order valence-electron chi connectivity index (χ4n) is 2.49. The maximum Gasteiger partial charge on any atom is 0.328 e. The van der Waals surface area contributed by atoms with Gasteiger partial charge in [-0.1, -0.05) is 30.3 Å². The summed E-state index contributed by atoms with van der Waals surface area (Å²) >= 11 is 0. The molecule has 0 radical (unpaired) electrons. The lowest BCUT2D eigenvalue weighted by Gasteiger charge is -2.19. The van der Waals surface area contributed by atoms with Crippen molar-refractivity contribution in [1.29, 1.82) is 0 Å². The molecule has 1 atom stereocenters. The molecule has 8 heteroatoms. The van der Waals surface area contributed by atoms with E-state index in [1.54, 1.807) is 18.7 Å². The minimum absolute atomic E-state index is 0.117. The van der Waals surface area contributed by atoms with Gasteiger partial charge in [-0.3, -0.25) is 14.6 Å². The van der Waals surface area contributed by atoms with Crippen molar-refractivity contribution in [2.24, 2.45) is 7.05 Å². The van der Waals surface area contributed by atoms with Crippen LogP contribution >= 0.6 is 0 Å². The molecule has 0 spiro atoms. The fourth-order valence-corrected chi connectivity index (χ4v) is 2.49. The number of carbonyl (C=O) groups excluding carboxylic acids is 1. The van der Waals surface area contributed by atoms with Crippen molar-refractivity contribution in [1.82, 2.24) is 24.4 Å². The quantitative estimate of drug-likeness (QED) is 0.704. The summed E-state index contributed by atoms with van der Waals surface area (Å²) in [5.74, 6) is -0.550. The number of amides is 1. The summed E-state index contributed by atoms with van der Waals surface area (Å²) in [7, 11) is 1.47. The van der Waals surface area contributed by atoms with E-state index in [0.29, 0.717) is 6.54 Å². The van der Waals surface area contributed by atoms with Crippen LogP contribution in [0.25, 0.3) is 0 Å². The third-order valence-electron chi connectivity index (χ3n) is 3.81. The maximum absolute atomic E-state index is 12.6. The number of imidazole rings is 1. The van der Waals surface area contributed by atoms with Crippen LogP contribution in [0.15, 0.2) is 64.8 Å². The molecule has 2 aromatic heterocycles. The zero-order valence-electron chi connectivity index (χ0n) is 13.5. The monoisotopic (exact) mass is 339 g/mol. The molecule has 25 heavy (non-hydrogen) atoms. The lowest BCUT2D eigenvalue weighted by molar-refractivity contribution is 0.0930. The number of nitrogens with zero attached hydrogens (tertiary/aromatic N) is 3. The summed E-state index contributed by atoms with van der Waals surface area (Å²) in [6.07, 6.45) is 6.33. The van der Waals surface area contributed by atoms with Gasteiger partial charge in [-0.2, -0.15) is 0 Å². The molecule has 0 saturated heterocycles. The van der Waals surface area contributed by atoms with E-state index >= 15 is 0 Å². The van der Waals surface area contributed by atoms with Crippen LogP contribution in [0.5, 0.6) is 0 Å². The number of rotatable bonds is 5. The van der Waals surface area contributed by atoms with Gasteiger partial charge in [-0.05, 0) is 5.56 Å². The number of aryl methyl sites for hydroxylation is 1. The van der Waals surface area contributed by atoms with Crippen molar-refractivity contribution in [3.05, 3.63) is 87.2 Å². The Bertz CT molecular complexity index is 974. The topological polar surface area (TPSA) is 102 Å². The average molecular weight is 339 g/mol. The Balaban J connectivity index is 1.90. The fraction of sp³-hybridized carbons (Fsp3) is 0.176. The van der Waals surface area contributed by atoms with Crippen LogP contribution in [-0.4, -0.2) is 25.0 Å². The summed E-state index contributed by atoms with van der Waals surface area (Å²) < 4.78 is 2.99. The van der Waals surface area contributed by atoms with Crippen LogP contribution in [-0.2, 0) is 13.6 Å². The first-order valence-electron chi connectivity index (χ1n) is 7.66. The zero-order chi connectivity index (χ0) is 17.8. The molecule has 128 valence electrons. The van der Waals surface area contributed by atoms with Crippen LogP contribution < -0.4 is 16.6 Å². The molecule has 0 unspecified atom stereocenters. The van der Waals surface area contributed by atoms with Crippen molar-refractivity contribution >= 4 is 5.91 Å². The zero-order valence-corrected chi connectivity index (χ0v) is 13.5. The lowest BCUT2D eigenvalue weighted by Crippen LogP contribution is -2.38. The number of aromatic nitrogens is 4. The molecule has 1 aromatic carbocycles. The maximum atomic E-state index is 12.6. The first kappa shape index (κ1) is 16.4. The Kier molecular flexibility index (Phi) is 4.60. The van der Waals surface area contributed by atoms with E-state index in [-0.39, 0.29) is 11.6 Å². The average Bonchev–Trinajstić information content (AvgIpc) is 3.11. The van der Waals surface area contributed by atoms with E-state index in [1.165, 1.54) is 13.2 Å². The van der Waals surface area contributed by atoms with E-state index < -0.39 is 17.2 Å². The highest BCUT2D eigenvalue weighted by molar-refractivity contribution is 5.93. The summed E-state index contributed by atoms with van der Waals surface area (Å²) in [5.41, 5.74) is -0.505. The highest BCUT2D eigenvalue weighted by Crippen LogP contribution is 2.15. The SMILES string of the molecule is Cn1cc(C(=O)N[C@H](Cn2ccnc2)c2ccccc2)c(=O)[nH]c1=O. The molecule has 1 amide bonds. The minimum Gasteiger partial charge on any atom is -0.343 e. The van der Waals surface area contributed by atoms with E-state index in [2.05, 4.69) is 15.3 Å². The lowest BCUT2D eigenvalue weighted by atomic mass is 10.1. The second-order valence-electron chi connectivity index (χ2n) is 5.61. The second kappa shape index (κ2) is 7.00. The molecule has 0 bridgehead atoms. The van der Waals surface area contributed by atoms with Crippen molar-refractivity contribution < 1.29 is 4.79 Å². The molecule has 0 aliphatic carbocycles. The van der Waals surface area contributed by atoms with E-state index in [0.717, 1.165) is 10.1 Å². The summed E-state index contributed by atoms with van der Waals surface area (Å²) in [6.45, 7) is 0.458. The Morgan fingerprint density at radius 1 is 1.28 bits per heavy atom. The second-order valence-corrected chi connectivity index (χ2v) is 5.61. The molecule has 0 saturated carbocycles. The standard InChI is InChI=1S/C17H17N5O3/c1-21-9-13(16(24)20-17(21)25)15(23)19-14(10-22-8-7-18-11-22)12-5-3-2-4-6-12/h2-9,11,14H,10H2,1H3,(H,19,23)(H,20,24,25)/t14-/m1/s1. The van der Waals surface area contributed by atoms with Crippen LogP contribution in [0, 0.1) is 0 Å². The first-order chi connectivity index (χ1) is 12.0. The Labute approximate surface area is 142 Å². The van der Waals surface area contributed by atoms with Gasteiger partial charge in [-0.15, -0.1) is 0 Å². The van der Waals surface area contributed by atoms with Crippen molar-refractivity contribution in [2.45, 2.75) is 12.6 Å². The third-order valence-corrected chi connectivity index (χ3v) is 3.81. The molecule has 3 aromatic rings. The molecule has 0 aliphatic rings. The van der Waals surface area contributed by atoms with E-state index in [9.17, 15) is 14.4 Å². The number of nitrogens with one attached hydrogen (secondary N) is 2. The molecular weight excluding hydrogens is 322 g/mol. The molecule has 0 fully saturated rings. The highest BCUT2D eigenvalue weighted by atomic mass is 16.2. The van der Waals surface area contributed by atoms with Gasteiger partial charge in [-0.25, -0.2) is 9.78 Å². The first-order valence-corrected chi connectivity index (χ1v) is 7.66. The van der Waals surface area contributed by atoms with Crippen LogP contribution in [0.2, 0.25) is 0 Å². The summed E-state index contributed by atoms with van der Waals surface area (Å²) in [5, 5.41) is 2.85. The Morgan fingerprint density at radius 2 is 2.04 bits per heavy atom. The van der Waals surface area contributed by atoms with E-state index in [4.69, 9.17) is 0 Å². The van der Waals surface area contributed by atoms with Gasteiger partial charge < -0.3 is 14.5 Å². The van der Waals surface area contributed by atoms with Gasteiger partial charge in [0, 0.05) is 32.2 Å². The number of hydrogen-bond donors (Lipinski definition) is 2. The van der Waals surface area contributed by atoms with E-state index in [1.807, 2.05) is 34.9 Å². The van der Waals surface area contributed by atoms with Crippen LogP contribution in [0.1, 0.15) is 22.0 Å². The van der Waals surface area contributed by atoms with Crippen LogP contribution in [0.3, 0.4) is 0 Å². The van der Waals surface area contributed by atoms with Gasteiger partial charge in [0.15, 0.2) is 0 Å². The largest absolute Gasteiger partial charge is 0.343 e. The molecule has 2 heterocycles. The predicted molar refractivity (Wildman–Crippen MR) is 91.2 cm³/mol. The van der Waals surface area contributed by atoms with Crippen molar-refractivity contribution in [3.63, 3.8) is 0 Å². The number of hydrogen-bond acceptors (Lipinski definition) is 4.